The fourth-order valence-corrected chi connectivity index (χ4v) is 4.76. The van der Waals surface area contributed by atoms with E-state index in [1.165, 1.54) is 19.3 Å². The van der Waals surface area contributed by atoms with Gasteiger partial charge in [-0.05, 0) is 89.1 Å². The highest BCUT2D eigenvalue weighted by Crippen LogP contribution is 2.33. The number of hydrogen-bond donors (Lipinski definition) is 1. The maximum atomic E-state index is 12.5. The van der Waals surface area contributed by atoms with Crippen molar-refractivity contribution >= 4 is 5.78 Å². The number of Topliss-reactive ketones (excluding diaryl/α,β-unsaturated/α-hetero) is 1. The average Bonchev–Trinajstić information content (AvgIpc) is 2.84. The van der Waals surface area contributed by atoms with Crippen LogP contribution in [0.15, 0.2) is 24.3 Å². The number of rotatable bonds is 9. The SMILES string of the molecule is CCCCc1nnc(OC2CCNCC2)cc1-c1ccc(OC2CCCCC2)c(C(C)=O)c1. The van der Waals surface area contributed by atoms with Gasteiger partial charge >= 0.3 is 0 Å². The van der Waals surface area contributed by atoms with Gasteiger partial charge in [-0.2, -0.15) is 5.10 Å². The average molecular weight is 452 g/mol. The highest BCUT2D eigenvalue weighted by atomic mass is 16.5. The second kappa shape index (κ2) is 11.6. The first kappa shape index (κ1) is 23.7. The molecule has 1 aliphatic heterocycles. The lowest BCUT2D eigenvalue weighted by molar-refractivity contribution is 0.100. The van der Waals surface area contributed by atoms with E-state index in [9.17, 15) is 4.79 Å². The van der Waals surface area contributed by atoms with Crippen LogP contribution in [0.3, 0.4) is 0 Å². The quantitative estimate of drug-likeness (QED) is 0.505. The molecule has 1 aromatic carbocycles. The Kier molecular flexibility index (Phi) is 8.32. The summed E-state index contributed by atoms with van der Waals surface area (Å²) in [6, 6.07) is 7.96. The van der Waals surface area contributed by atoms with Crippen molar-refractivity contribution in [1.82, 2.24) is 15.5 Å². The summed E-state index contributed by atoms with van der Waals surface area (Å²) in [5.41, 5.74) is 3.54. The van der Waals surface area contributed by atoms with Crippen LogP contribution in [0.1, 0.15) is 87.7 Å². The summed E-state index contributed by atoms with van der Waals surface area (Å²) in [6.45, 7) is 5.71. The fourth-order valence-electron chi connectivity index (χ4n) is 4.76. The van der Waals surface area contributed by atoms with Gasteiger partial charge < -0.3 is 14.8 Å². The Morgan fingerprint density at radius 1 is 1.00 bits per heavy atom. The van der Waals surface area contributed by atoms with Crippen molar-refractivity contribution in [3.63, 3.8) is 0 Å². The monoisotopic (exact) mass is 451 g/mol. The van der Waals surface area contributed by atoms with Crippen molar-refractivity contribution < 1.29 is 14.3 Å². The number of unbranched alkanes of at least 4 members (excludes halogenated alkanes) is 1. The Morgan fingerprint density at radius 3 is 2.48 bits per heavy atom. The van der Waals surface area contributed by atoms with Crippen molar-refractivity contribution in [2.24, 2.45) is 0 Å². The highest BCUT2D eigenvalue weighted by molar-refractivity contribution is 5.98. The van der Waals surface area contributed by atoms with Gasteiger partial charge in [0.25, 0.3) is 0 Å². The number of hydrogen-bond acceptors (Lipinski definition) is 6. The number of ketones is 1. The van der Waals surface area contributed by atoms with Gasteiger partial charge in [0.05, 0.1) is 17.4 Å². The van der Waals surface area contributed by atoms with Gasteiger partial charge in [0.1, 0.15) is 11.9 Å². The summed E-state index contributed by atoms with van der Waals surface area (Å²) >= 11 is 0. The number of nitrogens with zero attached hydrogens (tertiary/aromatic N) is 2. The molecule has 6 heteroatoms. The first-order chi connectivity index (χ1) is 16.1. The van der Waals surface area contributed by atoms with Crippen molar-refractivity contribution in [3.8, 4) is 22.8 Å². The smallest absolute Gasteiger partial charge is 0.234 e. The lowest BCUT2D eigenvalue weighted by Crippen LogP contribution is -2.34. The molecule has 2 heterocycles. The van der Waals surface area contributed by atoms with Crippen LogP contribution >= 0.6 is 0 Å². The molecule has 178 valence electrons. The maximum Gasteiger partial charge on any atom is 0.234 e. The third-order valence-corrected chi connectivity index (χ3v) is 6.70. The maximum absolute atomic E-state index is 12.5. The summed E-state index contributed by atoms with van der Waals surface area (Å²) in [4.78, 5) is 12.5. The first-order valence-corrected chi connectivity index (χ1v) is 12.7. The first-order valence-electron chi connectivity index (χ1n) is 12.7. The van der Waals surface area contributed by atoms with E-state index >= 15 is 0 Å². The predicted molar refractivity (Wildman–Crippen MR) is 130 cm³/mol. The zero-order chi connectivity index (χ0) is 23.0. The molecule has 6 nitrogen and oxygen atoms in total. The minimum atomic E-state index is 0.0194. The molecule has 2 fully saturated rings. The lowest BCUT2D eigenvalue weighted by atomic mass is 9.96. The van der Waals surface area contributed by atoms with Crippen molar-refractivity contribution in [1.29, 1.82) is 0 Å². The number of aromatic nitrogens is 2. The van der Waals surface area contributed by atoms with Gasteiger partial charge in [0, 0.05) is 11.6 Å². The number of nitrogens with one attached hydrogen (secondary N) is 1. The normalized spacial score (nSPS) is 17.6. The van der Waals surface area contributed by atoms with Gasteiger partial charge in [0.15, 0.2) is 5.78 Å². The minimum Gasteiger partial charge on any atom is -0.490 e. The Hall–Kier alpha value is -2.47. The second-order valence-corrected chi connectivity index (χ2v) is 9.36. The summed E-state index contributed by atoms with van der Waals surface area (Å²) < 4.78 is 12.5. The zero-order valence-corrected chi connectivity index (χ0v) is 20.1. The van der Waals surface area contributed by atoms with Crippen molar-refractivity contribution in [2.75, 3.05) is 13.1 Å². The zero-order valence-electron chi connectivity index (χ0n) is 20.1. The molecule has 33 heavy (non-hydrogen) atoms. The molecule has 0 amide bonds. The molecule has 4 rings (SSSR count). The van der Waals surface area contributed by atoms with Gasteiger partial charge in [-0.25, -0.2) is 0 Å². The third kappa shape index (κ3) is 6.32. The van der Waals surface area contributed by atoms with Gasteiger partial charge in [-0.1, -0.05) is 25.8 Å². The van der Waals surface area contributed by atoms with Crippen LogP contribution in [0.25, 0.3) is 11.1 Å². The fraction of sp³-hybridized carbons (Fsp3) is 0.593. The van der Waals surface area contributed by atoms with Gasteiger partial charge in [-0.3, -0.25) is 4.79 Å². The van der Waals surface area contributed by atoms with E-state index in [-0.39, 0.29) is 18.0 Å². The Bertz CT molecular complexity index is 934. The summed E-state index contributed by atoms with van der Waals surface area (Å²) in [5, 5.41) is 12.3. The minimum absolute atomic E-state index is 0.0194. The molecule has 1 saturated heterocycles. The molecular formula is C27H37N3O3. The summed E-state index contributed by atoms with van der Waals surface area (Å²) in [5.74, 6) is 1.27. The standard InChI is InChI=1S/C27H37N3O3/c1-3-4-10-25-24(18-27(30-29-25)33-22-13-15-28-16-14-22)20-11-12-26(23(17-20)19(2)31)32-21-8-6-5-7-9-21/h11-12,17-18,21-22,28H,3-10,13-16H2,1-2H3. The van der Waals surface area contributed by atoms with Gasteiger partial charge in [0.2, 0.25) is 5.88 Å². The second-order valence-electron chi connectivity index (χ2n) is 9.36. The molecule has 0 atom stereocenters. The highest BCUT2D eigenvalue weighted by Gasteiger charge is 2.21. The summed E-state index contributed by atoms with van der Waals surface area (Å²) in [6.07, 6.45) is 11.1. The molecule has 2 aliphatic rings. The van der Waals surface area contributed by atoms with E-state index in [0.717, 1.165) is 74.9 Å². The van der Waals surface area contributed by atoms with Crippen LogP contribution in [0.2, 0.25) is 0 Å². The van der Waals surface area contributed by atoms with E-state index in [4.69, 9.17) is 9.47 Å². The number of carbonyl (C=O) groups is 1. The van der Waals surface area contributed by atoms with Crippen LogP contribution in [-0.2, 0) is 6.42 Å². The van der Waals surface area contributed by atoms with E-state index in [1.54, 1.807) is 6.92 Å². The number of benzene rings is 1. The lowest BCUT2D eigenvalue weighted by Gasteiger charge is -2.24. The van der Waals surface area contributed by atoms with E-state index in [2.05, 4.69) is 22.4 Å². The van der Waals surface area contributed by atoms with Crippen LogP contribution in [0.5, 0.6) is 11.6 Å². The Labute approximate surface area is 197 Å². The van der Waals surface area contributed by atoms with Crippen LogP contribution in [0, 0.1) is 0 Å². The number of carbonyl (C=O) groups excluding carboxylic acids is 1. The molecular weight excluding hydrogens is 414 g/mol. The molecule has 2 aromatic rings. The predicted octanol–water partition coefficient (Wildman–Crippen LogP) is 5.53. The molecule has 0 spiro atoms. The van der Waals surface area contributed by atoms with Crippen LogP contribution < -0.4 is 14.8 Å². The molecule has 0 bridgehead atoms. The molecule has 0 unspecified atom stereocenters. The Balaban J connectivity index is 1.63. The van der Waals surface area contributed by atoms with E-state index in [0.29, 0.717) is 17.2 Å². The third-order valence-electron chi connectivity index (χ3n) is 6.70. The molecule has 1 saturated carbocycles. The van der Waals surface area contributed by atoms with Crippen molar-refractivity contribution in [2.45, 2.75) is 90.3 Å². The van der Waals surface area contributed by atoms with Crippen LogP contribution in [0.4, 0.5) is 0 Å². The largest absolute Gasteiger partial charge is 0.490 e. The number of piperidine rings is 1. The summed E-state index contributed by atoms with van der Waals surface area (Å²) in [7, 11) is 0. The van der Waals surface area contributed by atoms with E-state index in [1.807, 2.05) is 24.3 Å². The molecule has 1 N–H and O–H groups in total. The topological polar surface area (TPSA) is 73.3 Å². The molecule has 1 aromatic heterocycles. The van der Waals surface area contributed by atoms with E-state index < -0.39 is 0 Å². The number of ether oxygens (including phenoxy) is 2. The van der Waals surface area contributed by atoms with Gasteiger partial charge in [-0.15, -0.1) is 5.10 Å². The van der Waals surface area contributed by atoms with Crippen LogP contribution in [-0.4, -0.2) is 41.3 Å². The number of aryl methyl sites for hydroxylation is 1. The molecule has 1 aliphatic carbocycles. The Morgan fingerprint density at radius 2 is 1.76 bits per heavy atom. The van der Waals surface area contributed by atoms with Crippen molar-refractivity contribution in [3.05, 3.63) is 35.5 Å². The molecule has 0 radical (unpaired) electrons.